The molecule has 0 radical (unpaired) electrons. The zero-order chi connectivity index (χ0) is 18.2. The van der Waals surface area contributed by atoms with Crippen molar-refractivity contribution in [1.29, 1.82) is 0 Å². The Labute approximate surface area is 144 Å². The first-order chi connectivity index (χ1) is 12.0. The van der Waals surface area contributed by atoms with Crippen LogP contribution in [0.15, 0.2) is 36.4 Å². The molecule has 0 aliphatic rings. The molecule has 2 aromatic rings. The molecule has 0 spiro atoms. The molecule has 0 fully saturated rings. The number of aromatic hydroxyl groups is 1. The Bertz CT molecular complexity index is 755. The number of ether oxygens (including phenoxy) is 1. The Morgan fingerprint density at radius 1 is 1.12 bits per heavy atom. The third kappa shape index (κ3) is 5.31. The lowest BCUT2D eigenvalue weighted by molar-refractivity contribution is 0.0693. The number of hydrogen-bond acceptors (Lipinski definition) is 3. The number of alkyl halides is 1. The number of aromatic carboxylic acids is 1. The smallest absolute Gasteiger partial charge is 0.340 e. The first-order valence-corrected chi connectivity index (χ1v) is 7.74. The van der Waals surface area contributed by atoms with E-state index < -0.39 is 18.4 Å². The van der Waals surface area contributed by atoms with Gasteiger partial charge >= 0.3 is 5.97 Å². The molecular weight excluding hydrogens is 330 g/mol. The van der Waals surface area contributed by atoms with Crippen molar-refractivity contribution in [2.24, 2.45) is 0 Å². The van der Waals surface area contributed by atoms with Gasteiger partial charge < -0.3 is 14.9 Å². The molecule has 2 rings (SSSR count). The summed E-state index contributed by atoms with van der Waals surface area (Å²) in [6, 6.07) is 8.37. The van der Waals surface area contributed by atoms with Crippen molar-refractivity contribution in [2.75, 3.05) is 13.3 Å². The van der Waals surface area contributed by atoms with Gasteiger partial charge in [0.25, 0.3) is 0 Å². The van der Waals surface area contributed by atoms with Gasteiger partial charge in [0.1, 0.15) is 22.9 Å². The number of carbonyl (C=O) groups is 1. The molecule has 2 N–H and O–H groups in total. The summed E-state index contributed by atoms with van der Waals surface area (Å²) in [5.74, 6) is -1.78. The minimum absolute atomic E-state index is 0.248. The maximum atomic E-state index is 12.9. The van der Waals surface area contributed by atoms with E-state index >= 15 is 0 Å². The Morgan fingerprint density at radius 2 is 1.84 bits per heavy atom. The summed E-state index contributed by atoms with van der Waals surface area (Å²) in [5, 5.41) is 19.3. The van der Waals surface area contributed by atoms with Gasteiger partial charge in [-0.05, 0) is 42.2 Å². The van der Waals surface area contributed by atoms with Gasteiger partial charge in [-0.25, -0.2) is 9.18 Å². The van der Waals surface area contributed by atoms with Gasteiger partial charge in [0.2, 0.25) is 0 Å². The fraction of sp³-hybridized carbons (Fsp3) is 0.211. The first kappa shape index (κ1) is 18.4. The Balaban J connectivity index is 2.27. The van der Waals surface area contributed by atoms with E-state index in [9.17, 15) is 23.8 Å². The number of benzene rings is 2. The molecule has 0 unspecified atom stereocenters. The number of unbranched alkanes of at least 4 members (excludes halogenated alkanes) is 1. The van der Waals surface area contributed by atoms with E-state index in [1.807, 2.05) is 0 Å². The number of phenols is 1. The SMILES string of the molecule is O=C(O)c1c(O)cc(OCCCCF)cc1C=Cc1ccc(F)cc1. The van der Waals surface area contributed by atoms with Crippen LogP contribution < -0.4 is 4.74 Å². The van der Waals surface area contributed by atoms with Gasteiger partial charge in [0, 0.05) is 6.07 Å². The van der Waals surface area contributed by atoms with Gasteiger partial charge in [0.05, 0.1) is 13.3 Å². The van der Waals surface area contributed by atoms with E-state index in [1.54, 1.807) is 18.2 Å². The van der Waals surface area contributed by atoms with Crippen LogP contribution in [0.2, 0.25) is 0 Å². The quantitative estimate of drug-likeness (QED) is 0.543. The van der Waals surface area contributed by atoms with Crippen molar-refractivity contribution >= 4 is 18.1 Å². The zero-order valence-corrected chi connectivity index (χ0v) is 13.4. The van der Waals surface area contributed by atoms with Gasteiger partial charge in [-0.2, -0.15) is 0 Å². The van der Waals surface area contributed by atoms with Crippen LogP contribution in [-0.2, 0) is 0 Å². The average Bonchev–Trinajstić information content (AvgIpc) is 2.57. The van der Waals surface area contributed by atoms with E-state index in [-0.39, 0.29) is 23.6 Å². The lowest BCUT2D eigenvalue weighted by Gasteiger charge is -2.10. The van der Waals surface area contributed by atoms with Crippen molar-refractivity contribution < 1.29 is 28.5 Å². The predicted octanol–water partition coefficient (Wildman–Crippen LogP) is 4.53. The molecule has 0 heterocycles. The maximum Gasteiger partial charge on any atom is 0.340 e. The van der Waals surface area contributed by atoms with Crippen molar-refractivity contribution in [2.45, 2.75) is 12.8 Å². The summed E-state index contributed by atoms with van der Waals surface area (Å²) in [5.41, 5.74) is 0.665. The maximum absolute atomic E-state index is 12.9. The monoisotopic (exact) mass is 348 g/mol. The van der Waals surface area contributed by atoms with E-state index in [0.717, 1.165) is 0 Å². The minimum Gasteiger partial charge on any atom is -0.507 e. The number of carboxylic acids is 1. The van der Waals surface area contributed by atoms with Crippen LogP contribution in [-0.4, -0.2) is 29.5 Å². The highest BCUT2D eigenvalue weighted by Gasteiger charge is 2.16. The molecule has 0 aliphatic carbocycles. The third-order valence-corrected chi connectivity index (χ3v) is 3.46. The van der Waals surface area contributed by atoms with Gasteiger partial charge in [0.15, 0.2) is 0 Å². The van der Waals surface area contributed by atoms with Crippen molar-refractivity contribution in [3.63, 3.8) is 0 Å². The molecule has 0 bridgehead atoms. The Hall–Kier alpha value is -2.89. The Morgan fingerprint density at radius 3 is 2.48 bits per heavy atom. The minimum atomic E-state index is -1.28. The molecule has 4 nitrogen and oxygen atoms in total. The molecule has 0 atom stereocenters. The summed E-state index contributed by atoms with van der Waals surface area (Å²) in [6.07, 6.45) is 3.99. The van der Waals surface area contributed by atoms with E-state index in [2.05, 4.69) is 0 Å². The largest absolute Gasteiger partial charge is 0.507 e. The molecule has 0 saturated heterocycles. The second-order valence-electron chi connectivity index (χ2n) is 5.34. The van der Waals surface area contributed by atoms with Gasteiger partial charge in [-0.15, -0.1) is 0 Å². The number of hydrogen-bond donors (Lipinski definition) is 2. The lowest BCUT2D eigenvalue weighted by Crippen LogP contribution is -2.03. The fourth-order valence-corrected chi connectivity index (χ4v) is 2.22. The highest BCUT2D eigenvalue weighted by molar-refractivity contribution is 5.96. The first-order valence-electron chi connectivity index (χ1n) is 7.74. The molecule has 6 heteroatoms. The summed E-state index contributed by atoms with van der Waals surface area (Å²) < 4.78 is 30.4. The molecule has 0 amide bonds. The van der Waals surface area contributed by atoms with Crippen LogP contribution in [0.25, 0.3) is 12.2 Å². The molecule has 132 valence electrons. The predicted molar refractivity (Wildman–Crippen MR) is 91.1 cm³/mol. The standard InChI is InChI=1S/C19H18F2O4/c20-9-1-2-10-25-16-11-14(18(19(23)24)17(22)12-16)6-3-13-4-7-15(21)8-5-13/h3-8,11-12,22H,1-2,9-10H2,(H,23,24). The van der Waals surface area contributed by atoms with Crippen molar-refractivity contribution in [1.82, 2.24) is 0 Å². The van der Waals surface area contributed by atoms with Crippen LogP contribution in [0.4, 0.5) is 8.78 Å². The number of halogens is 2. The fourth-order valence-electron chi connectivity index (χ4n) is 2.22. The third-order valence-electron chi connectivity index (χ3n) is 3.46. The number of carboxylic acid groups (broad SMARTS) is 1. The lowest BCUT2D eigenvalue weighted by atomic mass is 10.0. The molecular formula is C19H18F2O4. The number of rotatable bonds is 8. The van der Waals surface area contributed by atoms with Gasteiger partial charge in [-0.3, -0.25) is 4.39 Å². The van der Waals surface area contributed by atoms with Crippen LogP contribution in [0.1, 0.15) is 34.3 Å². The van der Waals surface area contributed by atoms with E-state index in [1.165, 1.54) is 30.3 Å². The summed E-state index contributed by atoms with van der Waals surface area (Å²) >= 11 is 0. The van der Waals surface area contributed by atoms with Crippen LogP contribution >= 0.6 is 0 Å². The second kappa shape index (κ2) is 8.82. The molecule has 2 aromatic carbocycles. The highest BCUT2D eigenvalue weighted by Crippen LogP contribution is 2.29. The summed E-state index contributed by atoms with van der Waals surface area (Å²) in [7, 11) is 0. The van der Waals surface area contributed by atoms with Crippen molar-refractivity contribution in [3.05, 3.63) is 58.9 Å². The Kier molecular flexibility index (Phi) is 6.51. The van der Waals surface area contributed by atoms with Gasteiger partial charge in [-0.1, -0.05) is 24.3 Å². The van der Waals surface area contributed by atoms with E-state index in [0.29, 0.717) is 24.2 Å². The highest BCUT2D eigenvalue weighted by atomic mass is 19.1. The zero-order valence-electron chi connectivity index (χ0n) is 13.4. The van der Waals surface area contributed by atoms with E-state index in [4.69, 9.17) is 4.74 Å². The normalized spacial score (nSPS) is 11.0. The second-order valence-corrected chi connectivity index (χ2v) is 5.34. The molecule has 0 saturated carbocycles. The summed E-state index contributed by atoms with van der Waals surface area (Å²) in [6.45, 7) is -0.172. The van der Waals surface area contributed by atoms with Crippen molar-refractivity contribution in [3.8, 4) is 11.5 Å². The molecule has 0 aromatic heterocycles. The topological polar surface area (TPSA) is 66.8 Å². The van der Waals surface area contributed by atoms with Crippen LogP contribution in [0.3, 0.4) is 0 Å². The summed E-state index contributed by atoms with van der Waals surface area (Å²) in [4.78, 5) is 11.4. The average molecular weight is 348 g/mol. The molecule has 0 aliphatic heterocycles. The molecule has 25 heavy (non-hydrogen) atoms. The van der Waals surface area contributed by atoms with Crippen LogP contribution in [0, 0.1) is 5.82 Å². The van der Waals surface area contributed by atoms with Crippen LogP contribution in [0.5, 0.6) is 11.5 Å².